The van der Waals surface area contributed by atoms with E-state index in [2.05, 4.69) is 23.7 Å². The highest BCUT2D eigenvalue weighted by atomic mass is 16.7. The van der Waals surface area contributed by atoms with Crippen LogP contribution in [-0.2, 0) is 21.8 Å². The average molecular weight is 418 g/mol. The zero-order chi connectivity index (χ0) is 21.5. The molecule has 5 rings (SSSR count). The Labute approximate surface area is 181 Å². The van der Waals surface area contributed by atoms with Crippen LogP contribution < -0.4 is 10.5 Å². The van der Waals surface area contributed by atoms with E-state index in [1.807, 2.05) is 42.5 Å². The molecule has 4 heterocycles. The zero-order valence-electron chi connectivity index (χ0n) is 17.8. The molecule has 2 aromatic heterocycles. The monoisotopic (exact) mass is 418 g/mol. The van der Waals surface area contributed by atoms with Crippen LogP contribution in [0.3, 0.4) is 0 Å². The summed E-state index contributed by atoms with van der Waals surface area (Å²) in [4.78, 5) is 24.2. The van der Waals surface area contributed by atoms with E-state index in [1.54, 1.807) is 23.0 Å². The molecule has 3 aromatic rings. The molecule has 160 valence electrons. The lowest BCUT2D eigenvalue weighted by molar-refractivity contribution is -0.158. The van der Waals surface area contributed by atoms with Gasteiger partial charge in [-0.15, -0.1) is 0 Å². The van der Waals surface area contributed by atoms with E-state index in [9.17, 15) is 4.79 Å². The molecule has 0 radical (unpaired) electrons. The van der Waals surface area contributed by atoms with Gasteiger partial charge in [-0.05, 0) is 12.1 Å². The average Bonchev–Trinajstić information content (AvgIpc) is 3.25. The number of pyridine rings is 1. The van der Waals surface area contributed by atoms with Crippen LogP contribution in [0.2, 0.25) is 0 Å². The highest BCUT2D eigenvalue weighted by Gasteiger charge is 2.43. The molecule has 0 spiro atoms. The second kappa shape index (κ2) is 7.59. The number of rotatable bonds is 4. The van der Waals surface area contributed by atoms with Gasteiger partial charge in [-0.25, -0.2) is 4.98 Å². The predicted molar refractivity (Wildman–Crippen MR) is 118 cm³/mol. The topological polar surface area (TPSA) is 69.5 Å². The molecular weight excluding hydrogens is 392 g/mol. The van der Waals surface area contributed by atoms with Crippen molar-refractivity contribution in [2.75, 3.05) is 31.2 Å². The summed E-state index contributed by atoms with van der Waals surface area (Å²) in [7, 11) is 0. The van der Waals surface area contributed by atoms with Crippen LogP contribution in [0.25, 0.3) is 11.3 Å². The van der Waals surface area contributed by atoms with E-state index in [0.29, 0.717) is 37.9 Å². The molecule has 0 bridgehead atoms. The van der Waals surface area contributed by atoms with Crippen LogP contribution in [0, 0.1) is 5.41 Å². The smallest absolute Gasteiger partial charge is 0.255 e. The Morgan fingerprint density at radius 1 is 1.00 bits per heavy atom. The quantitative estimate of drug-likeness (QED) is 0.649. The SMILES string of the molecule is CC1(C)CN(CC2(c3ccccc3)OCCO2)c2nc(-c3ccncc3)cc(=O)n2C1. The van der Waals surface area contributed by atoms with E-state index in [0.717, 1.165) is 17.7 Å². The summed E-state index contributed by atoms with van der Waals surface area (Å²) in [6.07, 6.45) is 3.42. The molecule has 2 aliphatic rings. The molecule has 0 unspecified atom stereocenters. The van der Waals surface area contributed by atoms with E-state index in [-0.39, 0.29) is 11.0 Å². The number of nitrogens with zero attached hydrogens (tertiary/aromatic N) is 4. The van der Waals surface area contributed by atoms with Gasteiger partial charge in [-0.1, -0.05) is 44.2 Å². The first-order valence-corrected chi connectivity index (χ1v) is 10.6. The highest BCUT2D eigenvalue weighted by Crippen LogP contribution is 2.37. The van der Waals surface area contributed by atoms with E-state index < -0.39 is 5.79 Å². The summed E-state index contributed by atoms with van der Waals surface area (Å²) in [5, 5.41) is 0. The van der Waals surface area contributed by atoms with Crippen molar-refractivity contribution in [3.8, 4) is 11.3 Å². The molecule has 1 fully saturated rings. The Bertz CT molecular complexity index is 1120. The first-order chi connectivity index (χ1) is 15.0. The lowest BCUT2D eigenvalue weighted by atomic mass is 9.90. The van der Waals surface area contributed by atoms with Gasteiger partial charge in [0.25, 0.3) is 5.56 Å². The second-order valence-corrected chi connectivity index (χ2v) is 8.94. The standard InChI is InChI=1S/C24H26N4O3/c1-23(2)15-27(17-24(30-12-13-31-24)19-6-4-3-5-7-19)22-26-20(14-21(29)28(22)16-23)18-8-10-25-11-9-18/h3-11,14H,12-13,15-17H2,1-2H3. The third-order valence-electron chi connectivity index (χ3n) is 5.82. The molecule has 0 aliphatic carbocycles. The minimum atomic E-state index is -0.885. The maximum atomic E-state index is 13.1. The third-order valence-corrected chi connectivity index (χ3v) is 5.82. The molecule has 7 nitrogen and oxygen atoms in total. The summed E-state index contributed by atoms with van der Waals surface area (Å²) in [6, 6.07) is 15.3. The van der Waals surface area contributed by atoms with Gasteiger partial charge in [0.2, 0.25) is 11.7 Å². The lowest BCUT2D eigenvalue weighted by Crippen LogP contribution is -2.52. The normalized spacial score (nSPS) is 19.2. The van der Waals surface area contributed by atoms with Gasteiger partial charge < -0.3 is 14.4 Å². The van der Waals surface area contributed by atoms with Crippen molar-refractivity contribution in [1.29, 1.82) is 0 Å². The molecule has 2 aliphatic heterocycles. The van der Waals surface area contributed by atoms with Crippen molar-refractivity contribution in [2.24, 2.45) is 5.41 Å². The van der Waals surface area contributed by atoms with Crippen molar-refractivity contribution in [1.82, 2.24) is 14.5 Å². The fourth-order valence-electron chi connectivity index (χ4n) is 4.49. The maximum absolute atomic E-state index is 13.1. The van der Waals surface area contributed by atoms with Gasteiger partial charge in [0.15, 0.2) is 0 Å². The highest BCUT2D eigenvalue weighted by molar-refractivity contribution is 5.59. The molecule has 0 N–H and O–H groups in total. The number of anilines is 1. The zero-order valence-corrected chi connectivity index (χ0v) is 17.8. The van der Waals surface area contributed by atoms with Crippen molar-refractivity contribution in [3.05, 3.63) is 76.8 Å². The number of hydrogen-bond donors (Lipinski definition) is 0. The Morgan fingerprint density at radius 3 is 2.42 bits per heavy atom. The summed E-state index contributed by atoms with van der Waals surface area (Å²) in [5.41, 5.74) is 2.32. The molecule has 0 atom stereocenters. The van der Waals surface area contributed by atoms with Crippen molar-refractivity contribution in [3.63, 3.8) is 0 Å². The number of fused-ring (bicyclic) bond motifs is 1. The van der Waals surface area contributed by atoms with Crippen LogP contribution in [-0.4, -0.2) is 40.8 Å². The Hall–Kier alpha value is -3.03. The Morgan fingerprint density at radius 2 is 1.71 bits per heavy atom. The van der Waals surface area contributed by atoms with Gasteiger partial charge in [0.1, 0.15) is 0 Å². The molecule has 7 heteroatoms. The lowest BCUT2D eigenvalue weighted by Gasteiger charge is -2.43. The van der Waals surface area contributed by atoms with Crippen LogP contribution in [0.4, 0.5) is 5.95 Å². The predicted octanol–water partition coefficient (Wildman–Crippen LogP) is 3.05. The first kappa shape index (κ1) is 19.9. The molecule has 0 amide bonds. The maximum Gasteiger partial charge on any atom is 0.255 e. The number of aromatic nitrogens is 3. The number of ether oxygens (including phenoxy) is 2. The number of benzene rings is 1. The van der Waals surface area contributed by atoms with Crippen LogP contribution in [0.5, 0.6) is 0 Å². The third kappa shape index (κ3) is 3.75. The fraction of sp³-hybridized carbons (Fsp3) is 0.375. The minimum Gasteiger partial charge on any atom is -0.342 e. The van der Waals surface area contributed by atoms with Crippen LogP contribution in [0.1, 0.15) is 19.4 Å². The Balaban J connectivity index is 1.60. The van der Waals surface area contributed by atoms with Gasteiger partial charge >= 0.3 is 0 Å². The van der Waals surface area contributed by atoms with E-state index in [4.69, 9.17) is 14.5 Å². The van der Waals surface area contributed by atoms with Gasteiger partial charge in [0.05, 0.1) is 25.5 Å². The summed E-state index contributed by atoms with van der Waals surface area (Å²) in [5.74, 6) is -0.239. The summed E-state index contributed by atoms with van der Waals surface area (Å²) < 4.78 is 14.1. The van der Waals surface area contributed by atoms with Crippen LogP contribution >= 0.6 is 0 Å². The number of hydrogen-bond acceptors (Lipinski definition) is 6. The molecule has 31 heavy (non-hydrogen) atoms. The van der Waals surface area contributed by atoms with Crippen LogP contribution in [0.15, 0.2) is 65.7 Å². The van der Waals surface area contributed by atoms with E-state index >= 15 is 0 Å². The van der Waals surface area contributed by atoms with Crippen molar-refractivity contribution < 1.29 is 9.47 Å². The molecule has 1 aromatic carbocycles. The molecular formula is C24H26N4O3. The van der Waals surface area contributed by atoms with E-state index in [1.165, 1.54) is 0 Å². The molecule has 1 saturated heterocycles. The Kier molecular flexibility index (Phi) is 4.87. The largest absolute Gasteiger partial charge is 0.342 e. The first-order valence-electron chi connectivity index (χ1n) is 10.6. The fourth-order valence-corrected chi connectivity index (χ4v) is 4.49. The van der Waals surface area contributed by atoms with Gasteiger partial charge in [0, 0.05) is 48.1 Å². The molecule has 0 saturated carbocycles. The van der Waals surface area contributed by atoms with Gasteiger partial charge in [-0.3, -0.25) is 14.3 Å². The summed E-state index contributed by atoms with van der Waals surface area (Å²) >= 11 is 0. The minimum absolute atomic E-state index is 0.0587. The van der Waals surface area contributed by atoms with Crippen molar-refractivity contribution in [2.45, 2.75) is 26.2 Å². The second-order valence-electron chi connectivity index (χ2n) is 8.94. The summed E-state index contributed by atoms with van der Waals surface area (Å²) in [6.45, 7) is 7.19. The van der Waals surface area contributed by atoms with Gasteiger partial charge in [-0.2, -0.15) is 0 Å². The van der Waals surface area contributed by atoms with Crippen molar-refractivity contribution >= 4 is 5.95 Å².